The molecule has 34 heteroatoms. The second-order valence-electron chi connectivity index (χ2n) is 24.8. The number of aromatic nitrogens is 5. The lowest BCUT2D eigenvalue weighted by Gasteiger charge is -2.26. The SMILES string of the molecule is Bc1c(B)c(B)c(-c2nc(-c3c(B)c(B)c(B)c(B)c3B)nc(-c3c(B)c(B)c(B)c(-n4c5c(B)c(B)c(B)c(B)c5c5c(B)c(B)c6c(c7c(B)c(B)c(B)c(B)c7n6-c6c(B)c(B)c(B)c(B)c6B)c54)c3B)n2)c(B)c1B. The highest BCUT2D eigenvalue weighted by atomic mass is 15.1. The van der Waals surface area contributed by atoms with E-state index in [1.165, 1.54) is 213 Å². The topological polar surface area (TPSA) is 48.5 Å². The summed E-state index contributed by atoms with van der Waals surface area (Å²) in [4.78, 5) is 17.1. The van der Waals surface area contributed by atoms with E-state index in [2.05, 4.69) is 237 Å². The Balaban J connectivity index is 1.49. The predicted molar refractivity (Wildman–Crippen MR) is 442 cm³/mol. The number of nitrogens with zero attached hydrogens (tertiary/aromatic N) is 5. The minimum Gasteiger partial charge on any atom is -0.312 e. The fourth-order valence-corrected chi connectivity index (χ4v) is 14.6. The van der Waals surface area contributed by atoms with Gasteiger partial charge in [-0.2, -0.15) is 0 Å². The van der Waals surface area contributed by atoms with Crippen molar-refractivity contribution in [2.45, 2.75) is 0 Å². The molecule has 0 radical (unpaired) electrons. The summed E-state index contributed by atoms with van der Waals surface area (Å²) < 4.78 is 5.47. The smallest absolute Gasteiger partial charge is 0.163 e. The van der Waals surface area contributed by atoms with Crippen LogP contribution >= 0.6 is 0 Å². The molecule has 10 aromatic rings. The van der Waals surface area contributed by atoms with Gasteiger partial charge in [-0.05, 0) is 5.39 Å². The van der Waals surface area contributed by atoms with Crippen molar-refractivity contribution < 1.29 is 0 Å². The first-order chi connectivity index (χ1) is 36.9. The molecule has 0 saturated carbocycles. The van der Waals surface area contributed by atoms with Gasteiger partial charge in [0.1, 0.15) is 228 Å². The fraction of sp³-hybridized carbons (Fsp3) is 0. The third-order valence-corrected chi connectivity index (χ3v) is 22.0. The molecular formula is C45H58B29N5. The summed E-state index contributed by atoms with van der Waals surface area (Å²) in [6.07, 6.45) is 0. The van der Waals surface area contributed by atoms with Crippen LogP contribution in [0.25, 0.3) is 89.2 Å². The first-order valence-electron chi connectivity index (χ1n) is 28.9. The van der Waals surface area contributed by atoms with Crippen LogP contribution in [0.2, 0.25) is 0 Å². The molecule has 0 saturated heterocycles. The number of hydrogen-bond acceptors (Lipinski definition) is 3. The zero-order chi connectivity index (χ0) is 58.3. The highest BCUT2D eigenvalue weighted by molar-refractivity contribution is 6.75. The molecule has 0 aliphatic carbocycles. The molecular weight excluding hydrogens is 924 g/mol. The van der Waals surface area contributed by atoms with Crippen molar-refractivity contribution in [2.75, 3.05) is 0 Å². The summed E-state index contributed by atoms with van der Waals surface area (Å²) in [6, 6.07) is 0. The Bertz CT molecular complexity index is 4370. The second-order valence-corrected chi connectivity index (χ2v) is 24.8. The molecule has 0 spiro atoms. The third kappa shape index (κ3) is 7.68. The average molecular weight is 983 g/mol. The highest BCUT2D eigenvalue weighted by Crippen LogP contribution is 2.38. The molecule has 0 N–H and O–H groups in total. The quantitative estimate of drug-likeness (QED) is 0.161. The summed E-state index contributed by atoms with van der Waals surface area (Å²) in [7, 11) is 67.2. The Morgan fingerprint density at radius 3 is 0.709 bits per heavy atom. The van der Waals surface area contributed by atoms with Crippen molar-refractivity contribution >= 4 is 430 Å². The molecule has 0 aliphatic rings. The van der Waals surface area contributed by atoms with Gasteiger partial charge in [0.2, 0.25) is 0 Å². The third-order valence-electron chi connectivity index (χ3n) is 22.0. The van der Waals surface area contributed by atoms with Gasteiger partial charge in [-0.3, -0.25) is 0 Å². The lowest BCUT2D eigenvalue weighted by molar-refractivity contribution is 1.08. The summed E-state index contributed by atoms with van der Waals surface area (Å²) in [5.74, 6) is 2.17. The molecule has 3 aromatic heterocycles. The van der Waals surface area contributed by atoms with E-state index >= 15 is 0 Å². The molecule has 5 nitrogen and oxygen atoms in total. The minimum absolute atomic E-state index is 0.715. The second kappa shape index (κ2) is 19.6. The van der Waals surface area contributed by atoms with E-state index < -0.39 is 0 Å². The average Bonchev–Trinajstić information content (AvgIpc) is 3.06. The Kier molecular flexibility index (Phi) is 14.2. The molecule has 0 bridgehead atoms. The Morgan fingerprint density at radius 1 is 0.165 bits per heavy atom. The molecule has 10 rings (SSSR count). The van der Waals surface area contributed by atoms with Crippen molar-refractivity contribution in [3.63, 3.8) is 0 Å². The van der Waals surface area contributed by atoms with E-state index in [0.29, 0.717) is 5.82 Å². The van der Waals surface area contributed by atoms with E-state index in [1.807, 2.05) is 0 Å². The van der Waals surface area contributed by atoms with Crippen LogP contribution in [-0.2, 0) is 0 Å². The number of benzene rings is 7. The van der Waals surface area contributed by atoms with Crippen LogP contribution in [0.1, 0.15) is 0 Å². The monoisotopic (exact) mass is 988 g/mol. The molecule has 3 heterocycles. The van der Waals surface area contributed by atoms with Crippen LogP contribution in [0.3, 0.4) is 0 Å². The van der Waals surface area contributed by atoms with Crippen molar-refractivity contribution in [3.05, 3.63) is 0 Å². The van der Waals surface area contributed by atoms with E-state index in [0.717, 1.165) is 28.3 Å². The number of fused-ring (bicyclic) bond motifs is 7. The largest absolute Gasteiger partial charge is 0.312 e. The van der Waals surface area contributed by atoms with Crippen LogP contribution in [-0.4, -0.2) is 252 Å². The zero-order valence-corrected chi connectivity index (χ0v) is 53.7. The molecule has 0 amide bonds. The molecule has 0 fully saturated rings. The normalized spacial score (nSPS) is 11.7. The van der Waals surface area contributed by atoms with Crippen LogP contribution in [0.15, 0.2) is 0 Å². The van der Waals surface area contributed by atoms with Gasteiger partial charge in [0.05, 0.1) is 5.52 Å². The van der Waals surface area contributed by atoms with Crippen molar-refractivity contribution in [3.8, 4) is 45.5 Å². The van der Waals surface area contributed by atoms with Gasteiger partial charge < -0.3 is 9.13 Å². The van der Waals surface area contributed by atoms with Crippen LogP contribution < -0.4 is 158 Å². The summed E-state index contributed by atoms with van der Waals surface area (Å²) in [6.45, 7) is 0. The molecule has 7 aromatic carbocycles. The van der Waals surface area contributed by atoms with E-state index in [4.69, 9.17) is 15.0 Å². The van der Waals surface area contributed by atoms with E-state index in [9.17, 15) is 0 Å². The molecule has 0 atom stereocenters. The first kappa shape index (κ1) is 57.3. The maximum Gasteiger partial charge on any atom is 0.163 e. The van der Waals surface area contributed by atoms with Gasteiger partial charge in [-0.25, -0.2) is 15.0 Å². The van der Waals surface area contributed by atoms with Gasteiger partial charge in [-0.1, -0.05) is 109 Å². The standard InChI is InChI=1S/C45H58B29N5/c46-8-2-1-10(48)31(69)40-4(3-9(47)18(56)28(66)33(71)39(3)79(40)42-35(73)29(67)26(64)30(68)36(42)74)37(1)78(38(2)32(70)27(65)17(8)55)41-16(54)7(15(53)23(61)34(41)72)45-76-43(5-11(49)19(57)24(62)20(58)12(5)50)75-44(77-45)6-13(51)21(59)25(63)22(60)14(6)52/h46-74H2. The van der Waals surface area contributed by atoms with E-state index in [-0.39, 0.29) is 0 Å². The minimum atomic E-state index is 0.715. The maximum absolute atomic E-state index is 5.75. The highest BCUT2D eigenvalue weighted by Gasteiger charge is 2.33. The van der Waals surface area contributed by atoms with Crippen molar-refractivity contribution in [2.24, 2.45) is 0 Å². The maximum atomic E-state index is 5.75. The van der Waals surface area contributed by atoms with Crippen LogP contribution in [0.4, 0.5) is 0 Å². The van der Waals surface area contributed by atoms with Gasteiger partial charge in [0.15, 0.2) is 17.5 Å². The van der Waals surface area contributed by atoms with Crippen LogP contribution in [0.5, 0.6) is 0 Å². The van der Waals surface area contributed by atoms with Crippen molar-refractivity contribution in [1.82, 2.24) is 24.1 Å². The van der Waals surface area contributed by atoms with Crippen LogP contribution in [0, 0.1) is 0 Å². The van der Waals surface area contributed by atoms with E-state index in [1.54, 1.807) is 0 Å². The molecule has 0 aliphatic heterocycles. The summed E-state index contributed by atoms with van der Waals surface area (Å²) >= 11 is 0. The molecule has 79 heavy (non-hydrogen) atoms. The molecule has 0 unspecified atom stereocenters. The van der Waals surface area contributed by atoms with Crippen molar-refractivity contribution in [1.29, 1.82) is 0 Å². The first-order valence-corrected chi connectivity index (χ1v) is 28.9. The Hall–Kier alpha value is -4.97. The zero-order valence-electron chi connectivity index (χ0n) is 53.7. The Labute approximate surface area is 495 Å². The van der Waals surface area contributed by atoms with Gasteiger partial charge >= 0.3 is 0 Å². The summed E-state index contributed by atoms with van der Waals surface area (Å²) in [5.41, 5.74) is 48.7. The number of rotatable bonds is 5. The molecule has 350 valence electrons. The lowest BCUT2D eigenvalue weighted by Crippen LogP contribution is -2.56. The lowest BCUT2D eigenvalue weighted by atomic mass is 9.60. The summed E-state index contributed by atoms with van der Waals surface area (Å²) in [5, 5.41) is 5.37. The predicted octanol–water partition coefficient (Wildman–Crippen LogP) is -39.4. The van der Waals surface area contributed by atoms with Gasteiger partial charge in [-0.15, -0.1) is 49.2 Å². The Morgan fingerprint density at radius 2 is 0.354 bits per heavy atom. The number of hydrogen-bond donors (Lipinski definition) is 0. The van der Waals surface area contributed by atoms with Gasteiger partial charge in [0.25, 0.3) is 0 Å². The fourth-order valence-electron chi connectivity index (χ4n) is 14.6. The van der Waals surface area contributed by atoms with Gasteiger partial charge in [0, 0.05) is 60.8 Å².